The Hall–Kier alpha value is -2.44. The Morgan fingerprint density at radius 2 is 1.76 bits per heavy atom. The van der Waals surface area contributed by atoms with Crippen molar-refractivity contribution in [2.75, 3.05) is 11.9 Å². The highest BCUT2D eigenvalue weighted by molar-refractivity contribution is 8.01. The van der Waals surface area contributed by atoms with Gasteiger partial charge in [0.15, 0.2) is 4.34 Å². The third kappa shape index (κ3) is 3.97. The van der Waals surface area contributed by atoms with Crippen LogP contribution in [0.5, 0.6) is 0 Å². The van der Waals surface area contributed by atoms with Gasteiger partial charge in [0, 0.05) is 23.0 Å². The van der Waals surface area contributed by atoms with Crippen LogP contribution >= 0.6 is 23.1 Å². The lowest BCUT2D eigenvalue weighted by Crippen LogP contribution is -2.04. The second-order valence-electron chi connectivity index (χ2n) is 5.46. The molecular formula is C19H16N4S2. The van der Waals surface area contributed by atoms with Crippen molar-refractivity contribution >= 4 is 39.1 Å². The SMILES string of the molecule is c1ccc(CCNc2nnc(Sc3ccnc4ccccc34)s2)cc1. The van der Waals surface area contributed by atoms with Gasteiger partial charge < -0.3 is 5.32 Å². The van der Waals surface area contributed by atoms with E-state index in [1.807, 2.05) is 36.5 Å². The maximum absolute atomic E-state index is 4.40. The predicted molar refractivity (Wildman–Crippen MR) is 104 cm³/mol. The molecule has 124 valence electrons. The first-order valence-electron chi connectivity index (χ1n) is 8.01. The maximum Gasteiger partial charge on any atom is 0.206 e. The van der Waals surface area contributed by atoms with Crippen LogP contribution in [0.4, 0.5) is 5.13 Å². The van der Waals surface area contributed by atoms with Crippen molar-refractivity contribution in [2.24, 2.45) is 0 Å². The van der Waals surface area contributed by atoms with Crippen molar-refractivity contribution in [1.29, 1.82) is 0 Å². The first kappa shape index (κ1) is 16.1. The van der Waals surface area contributed by atoms with Gasteiger partial charge in [-0.3, -0.25) is 4.98 Å². The molecule has 1 N–H and O–H groups in total. The molecule has 2 aromatic heterocycles. The minimum atomic E-state index is 0.849. The summed E-state index contributed by atoms with van der Waals surface area (Å²) in [5.41, 5.74) is 2.32. The highest BCUT2D eigenvalue weighted by Gasteiger charge is 2.08. The van der Waals surface area contributed by atoms with E-state index in [9.17, 15) is 0 Å². The molecule has 4 rings (SSSR count). The number of nitrogens with zero attached hydrogens (tertiary/aromatic N) is 3. The van der Waals surface area contributed by atoms with E-state index in [1.54, 1.807) is 23.1 Å². The van der Waals surface area contributed by atoms with Gasteiger partial charge in [0.25, 0.3) is 0 Å². The fourth-order valence-corrected chi connectivity index (χ4v) is 4.39. The van der Waals surface area contributed by atoms with Crippen molar-refractivity contribution < 1.29 is 0 Å². The van der Waals surface area contributed by atoms with E-state index in [0.717, 1.165) is 38.2 Å². The third-order valence-corrected chi connectivity index (χ3v) is 5.75. The summed E-state index contributed by atoms with van der Waals surface area (Å²) < 4.78 is 0.929. The maximum atomic E-state index is 4.40. The van der Waals surface area contributed by atoms with Crippen molar-refractivity contribution in [3.8, 4) is 0 Å². The number of aromatic nitrogens is 3. The van der Waals surface area contributed by atoms with E-state index < -0.39 is 0 Å². The number of nitrogens with one attached hydrogen (secondary N) is 1. The zero-order valence-corrected chi connectivity index (χ0v) is 15.1. The van der Waals surface area contributed by atoms with Gasteiger partial charge >= 0.3 is 0 Å². The summed E-state index contributed by atoms with van der Waals surface area (Å²) in [5, 5.41) is 13.9. The molecule has 0 radical (unpaired) electrons. The van der Waals surface area contributed by atoms with Crippen LogP contribution in [0.25, 0.3) is 10.9 Å². The van der Waals surface area contributed by atoms with Crippen molar-refractivity contribution in [2.45, 2.75) is 15.7 Å². The molecule has 0 saturated heterocycles. The fraction of sp³-hybridized carbons (Fsp3) is 0.105. The Balaban J connectivity index is 1.41. The molecule has 25 heavy (non-hydrogen) atoms. The Bertz CT molecular complexity index is 964. The average Bonchev–Trinajstić information content (AvgIpc) is 3.10. The first-order valence-corrected chi connectivity index (χ1v) is 9.65. The third-order valence-electron chi connectivity index (χ3n) is 3.75. The zero-order valence-electron chi connectivity index (χ0n) is 13.4. The quantitative estimate of drug-likeness (QED) is 0.528. The van der Waals surface area contributed by atoms with Crippen LogP contribution < -0.4 is 5.32 Å². The van der Waals surface area contributed by atoms with E-state index >= 15 is 0 Å². The minimum absolute atomic E-state index is 0.849. The van der Waals surface area contributed by atoms with E-state index in [-0.39, 0.29) is 0 Å². The number of rotatable bonds is 6. The van der Waals surface area contributed by atoms with Crippen molar-refractivity contribution in [3.63, 3.8) is 0 Å². The Morgan fingerprint density at radius 1 is 0.920 bits per heavy atom. The second-order valence-corrected chi connectivity index (χ2v) is 7.73. The number of hydrogen-bond donors (Lipinski definition) is 1. The molecule has 4 nitrogen and oxygen atoms in total. The van der Waals surface area contributed by atoms with Gasteiger partial charge in [0.2, 0.25) is 5.13 Å². The normalized spacial score (nSPS) is 10.9. The Kier molecular flexibility index (Phi) is 4.90. The monoisotopic (exact) mass is 364 g/mol. The van der Waals surface area contributed by atoms with Gasteiger partial charge in [-0.05, 0) is 24.1 Å². The largest absolute Gasteiger partial charge is 0.360 e. The van der Waals surface area contributed by atoms with Crippen LogP contribution in [0.2, 0.25) is 0 Å². The summed E-state index contributed by atoms with van der Waals surface area (Å²) in [4.78, 5) is 5.55. The molecule has 2 aromatic carbocycles. The number of fused-ring (bicyclic) bond motifs is 1. The highest BCUT2D eigenvalue weighted by Crippen LogP contribution is 2.35. The number of benzene rings is 2. The lowest BCUT2D eigenvalue weighted by molar-refractivity contribution is 0.972. The first-order chi connectivity index (χ1) is 12.4. The molecule has 0 atom stereocenters. The van der Waals surface area contributed by atoms with Gasteiger partial charge in [-0.2, -0.15) is 0 Å². The summed E-state index contributed by atoms with van der Waals surface area (Å²) in [6.45, 7) is 0.849. The van der Waals surface area contributed by atoms with Gasteiger partial charge in [-0.25, -0.2) is 0 Å². The average molecular weight is 364 g/mol. The molecule has 0 aliphatic rings. The van der Waals surface area contributed by atoms with Gasteiger partial charge in [0.1, 0.15) is 0 Å². The number of anilines is 1. The molecule has 4 aromatic rings. The van der Waals surface area contributed by atoms with Crippen molar-refractivity contribution in [3.05, 3.63) is 72.4 Å². The second kappa shape index (κ2) is 7.63. The van der Waals surface area contributed by atoms with E-state index in [4.69, 9.17) is 0 Å². The highest BCUT2D eigenvalue weighted by atomic mass is 32.2. The summed E-state index contributed by atoms with van der Waals surface area (Å²) in [6, 6.07) is 20.6. The van der Waals surface area contributed by atoms with E-state index in [1.165, 1.54) is 5.56 Å². The molecule has 0 saturated carbocycles. The van der Waals surface area contributed by atoms with Crippen LogP contribution in [-0.2, 0) is 6.42 Å². The lowest BCUT2D eigenvalue weighted by Gasteiger charge is -2.03. The van der Waals surface area contributed by atoms with Crippen LogP contribution in [0, 0.1) is 0 Å². The van der Waals surface area contributed by atoms with Gasteiger partial charge in [-0.1, -0.05) is 71.6 Å². The summed E-state index contributed by atoms with van der Waals surface area (Å²) in [6.07, 6.45) is 2.81. The lowest BCUT2D eigenvalue weighted by atomic mass is 10.2. The Morgan fingerprint density at radius 3 is 2.68 bits per heavy atom. The topological polar surface area (TPSA) is 50.7 Å². The zero-order chi connectivity index (χ0) is 16.9. The van der Waals surface area contributed by atoms with Crippen LogP contribution in [0.15, 0.2) is 76.1 Å². The molecular weight excluding hydrogens is 348 g/mol. The molecule has 0 bridgehead atoms. The van der Waals surface area contributed by atoms with Crippen molar-refractivity contribution in [1.82, 2.24) is 15.2 Å². The van der Waals surface area contributed by atoms with E-state index in [2.05, 4.69) is 50.8 Å². The van der Waals surface area contributed by atoms with Crippen LogP contribution in [0.3, 0.4) is 0 Å². The number of hydrogen-bond acceptors (Lipinski definition) is 6. The molecule has 0 amide bonds. The van der Waals surface area contributed by atoms with Crippen LogP contribution in [0.1, 0.15) is 5.56 Å². The Labute approximate surface area is 154 Å². The molecule has 0 spiro atoms. The standard InChI is InChI=1S/C19H16N4S2/c1-2-6-14(7-3-1)10-12-21-18-22-23-19(25-18)24-17-11-13-20-16-9-5-4-8-15(16)17/h1-9,11,13H,10,12H2,(H,21,22). The van der Waals surface area contributed by atoms with Gasteiger partial charge in [0.05, 0.1) is 5.52 Å². The summed E-state index contributed by atoms with van der Waals surface area (Å²) in [7, 11) is 0. The molecule has 2 heterocycles. The smallest absolute Gasteiger partial charge is 0.206 e. The molecule has 0 aliphatic carbocycles. The molecule has 0 aliphatic heterocycles. The minimum Gasteiger partial charge on any atom is -0.360 e. The molecule has 6 heteroatoms. The van der Waals surface area contributed by atoms with E-state index in [0.29, 0.717) is 0 Å². The number of para-hydroxylation sites is 1. The molecule has 0 fully saturated rings. The summed E-state index contributed by atoms with van der Waals surface area (Å²) in [5.74, 6) is 0. The fourth-order valence-electron chi connectivity index (χ4n) is 2.53. The predicted octanol–water partition coefficient (Wildman–Crippen LogP) is 4.89. The summed E-state index contributed by atoms with van der Waals surface area (Å²) >= 11 is 3.21. The molecule has 0 unspecified atom stereocenters. The van der Waals surface area contributed by atoms with Gasteiger partial charge in [-0.15, -0.1) is 10.2 Å². The number of pyridine rings is 1. The van der Waals surface area contributed by atoms with Crippen LogP contribution in [-0.4, -0.2) is 21.7 Å².